The smallest absolute Gasteiger partial charge is 0.134 e. The molecule has 0 aliphatic carbocycles. The zero-order chi connectivity index (χ0) is 8.72. The molecule has 0 amide bonds. The number of phenols is 1. The van der Waals surface area contributed by atoms with Crippen LogP contribution in [0.4, 0.5) is 0 Å². The number of thiophene rings is 1. The van der Waals surface area contributed by atoms with Crippen molar-refractivity contribution in [2.45, 2.75) is 0 Å². The molecule has 0 aliphatic heterocycles. The number of phenolic OH excluding ortho intramolecular Hbond substituents is 1. The lowest BCUT2D eigenvalue weighted by Crippen LogP contribution is -1.68. The van der Waals surface area contributed by atoms with Crippen molar-refractivity contribution in [1.82, 2.24) is 0 Å². The summed E-state index contributed by atoms with van der Waals surface area (Å²) in [6.07, 6.45) is 0. The maximum atomic E-state index is 9.27. The van der Waals surface area contributed by atoms with Gasteiger partial charge in [-0.2, -0.15) is 0 Å². The summed E-state index contributed by atoms with van der Waals surface area (Å²) in [5, 5.41) is 13.0. The maximum Gasteiger partial charge on any atom is 0.134 e. The molecule has 2 rings (SSSR count). The number of aromatic hydroxyl groups is 1. The van der Waals surface area contributed by atoms with Crippen molar-refractivity contribution in [3.05, 3.63) is 27.6 Å². The van der Waals surface area contributed by atoms with Gasteiger partial charge in [-0.15, -0.1) is 11.3 Å². The van der Waals surface area contributed by atoms with E-state index in [0.29, 0.717) is 10.0 Å². The van der Waals surface area contributed by atoms with Crippen LogP contribution < -0.4 is 0 Å². The minimum atomic E-state index is 0.0736. The SMILES string of the molecule is Oc1cc2c(Cl)csc2cc1Cl. The monoisotopic (exact) mass is 218 g/mol. The molecule has 62 valence electrons. The fourth-order valence-corrected chi connectivity index (χ4v) is 2.42. The number of fused-ring (bicyclic) bond motifs is 1. The molecule has 12 heavy (non-hydrogen) atoms. The topological polar surface area (TPSA) is 20.2 Å². The van der Waals surface area contributed by atoms with Crippen molar-refractivity contribution in [3.8, 4) is 5.75 Å². The van der Waals surface area contributed by atoms with E-state index in [1.807, 2.05) is 5.38 Å². The minimum absolute atomic E-state index is 0.0736. The van der Waals surface area contributed by atoms with Gasteiger partial charge in [0.25, 0.3) is 0 Å². The maximum absolute atomic E-state index is 9.27. The third-order valence-electron chi connectivity index (χ3n) is 1.60. The first-order chi connectivity index (χ1) is 5.68. The van der Waals surface area contributed by atoms with E-state index in [-0.39, 0.29) is 5.75 Å². The summed E-state index contributed by atoms with van der Waals surface area (Å²) in [5.74, 6) is 0.0736. The summed E-state index contributed by atoms with van der Waals surface area (Å²) in [6.45, 7) is 0. The molecule has 1 aromatic carbocycles. The summed E-state index contributed by atoms with van der Waals surface area (Å²) in [7, 11) is 0. The molecule has 0 aliphatic rings. The van der Waals surface area contributed by atoms with Crippen molar-refractivity contribution in [3.63, 3.8) is 0 Å². The molecule has 0 radical (unpaired) electrons. The van der Waals surface area contributed by atoms with E-state index in [4.69, 9.17) is 23.2 Å². The summed E-state index contributed by atoms with van der Waals surface area (Å²) in [4.78, 5) is 0. The van der Waals surface area contributed by atoms with Crippen LogP contribution in [0.5, 0.6) is 5.75 Å². The lowest BCUT2D eigenvalue weighted by Gasteiger charge is -1.95. The summed E-state index contributed by atoms with van der Waals surface area (Å²) < 4.78 is 0.989. The number of hydrogen-bond acceptors (Lipinski definition) is 2. The van der Waals surface area contributed by atoms with Crippen molar-refractivity contribution in [2.24, 2.45) is 0 Å². The second-order valence-corrected chi connectivity index (χ2v) is 4.11. The lowest BCUT2D eigenvalue weighted by molar-refractivity contribution is 0.476. The highest BCUT2D eigenvalue weighted by atomic mass is 35.5. The van der Waals surface area contributed by atoms with Gasteiger partial charge in [-0.05, 0) is 12.1 Å². The Morgan fingerprint density at radius 3 is 2.67 bits per heavy atom. The molecule has 0 bridgehead atoms. The molecule has 2 aromatic rings. The lowest BCUT2D eigenvalue weighted by atomic mass is 10.2. The van der Waals surface area contributed by atoms with Crippen molar-refractivity contribution >= 4 is 44.6 Å². The van der Waals surface area contributed by atoms with Crippen LogP contribution in [0.3, 0.4) is 0 Å². The van der Waals surface area contributed by atoms with Gasteiger partial charge in [-0.3, -0.25) is 0 Å². The average molecular weight is 219 g/mol. The predicted molar refractivity (Wildman–Crippen MR) is 53.5 cm³/mol. The first-order valence-electron chi connectivity index (χ1n) is 3.23. The third-order valence-corrected chi connectivity index (χ3v) is 3.29. The molecule has 0 spiro atoms. The zero-order valence-electron chi connectivity index (χ0n) is 5.84. The van der Waals surface area contributed by atoms with Gasteiger partial charge in [0.1, 0.15) is 5.75 Å². The third kappa shape index (κ3) is 1.16. The number of benzene rings is 1. The number of hydrogen-bond donors (Lipinski definition) is 1. The van der Waals surface area contributed by atoms with E-state index in [0.717, 1.165) is 10.1 Å². The molecule has 0 saturated heterocycles. The molecule has 1 N–H and O–H groups in total. The summed E-state index contributed by atoms with van der Waals surface area (Å²) >= 11 is 13.1. The normalized spacial score (nSPS) is 10.8. The molecule has 0 saturated carbocycles. The van der Waals surface area contributed by atoms with Crippen LogP contribution >= 0.6 is 34.5 Å². The minimum Gasteiger partial charge on any atom is -0.506 e. The largest absolute Gasteiger partial charge is 0.506 e. The fourth-order valence-electron chi connectivity index (χ4n) is 1.01. The average Bonchev–Trinajstić information content (AvgIpc) is 2.35. The van der Waals surface area contributed by atoms with Crippen LogP contribution in [0.25, 0.3) is 10.1 Å². The van der Waals surface area contributed by atoms with Gasteiger partial charge in [0.05, 0.1) is 10.0 Å². The second-order valence-electron chi connectivity index (χ2n) is 2.38. The van der Waals surface area contributed by atoms with Crippen LogP contribution in [0.2, 0.25) is 10.0 Å². The molecule has 4 heteroatoms. The van der Waals surface area contributed by atoms with Crippen LogP contribution in [-0.4, -0.2) is 5.11 Å². The van der Waals surface area contributed by atoms with Gasteiger partial charge < -0.3 is 5.11 Å². The Labute approximate surface area is 83.2 Å². The molecular formula is C8H4Cl2OS. The Kier molecular flexibility index (Phi) is 1.91. The highest BCUT2D eigenvalue weighted by Gasteiger charge is 2.05. The van der Waals surface area contributed by atoms with E-state index in [9.17, 15) is 5.11 Å². The Morgan fingerprint density at radius 1 is 1.17 bits per heavy atom. The first-order valence-corrected chi connectivity index (χ1v) is 4.87. The zero-order valence-corrected chi connectivity index (χ0v) is 8.17. The second kappa shape index (κ2) is 2.80. The van der Waals surface area contributed by atoms with Crippen molar-refractivity contribution < 1.29 is 5.11 Å². The van der Waals surface area contributed by atoms with Crippen molar-refractivity contribution in [2.75, 3.05) is 0 Å². The molecule has 0 fully saturated rings. The van der Waals surface area contributed by atoms with Gasteiger partial charge in [-0.25, -0.2) is 0 Å². The highest BCUT2D eigenvalue weighted by Crippen LogP contribution is 2.36. The quantitative estimate of drug-likeness (QED) is 0.711. The van der Waals surface area contributed by atoms with E-state index in [1.54, 1.807) is 12.1 Å². The summed E-state index contributed by atoms with van der Waals surface area (Å²) in [5.41, 5.74) is 0. The highest BCUT2D eigenvalue weighted by molar-refractivity contribution is 7.17. The predicted octanol–water partition coefficient (Wildman–Crippen LogP) is 3.91. The van der Waals surface area contributed by atoms with E-state index >= 15 is 0 Å². The van der Waals surface area contributed by atoms with Crippen LogP contribution in [0.15, 0.2) is 17.5 Å². The van der Waals surface area contributed by atoms with Gasteiger partial charge >= 0.3 is 0 Å². The fraction of sp³-hybridized carbons (Fsp3) is 0. The Balaban J connectivity index is 2.87. The van der Waals surface area contributed by atoms with Crippen LogP contribution in [-0.2, 0) is 0 Å². The van der Waals surface area contributed by atoms with Crippen LogP contribution in [0, 0.1) is 0 Å². The standard InChI is InChI=1S/C8H4Cl2OS/c9-5-2-8-4(1-7(5)11)6(10)3-12-8/h1-3,11H. The van der Waals surface area contributed by atoms with Gasteiger partial charge in [0, 0.05) is 15.5 Å². The van der Waals surface area contributed by atoms with E-state index in [2.05, 4.69) is 0 Å². The first kappa shape index (κ1) is 8.17. The molecule has 1 aromatic heterocycles. The van der Waals surface area contributed by atoms with Crippen LogP contribution in [0.1, 0.15) is 0 Å². The molecule has 1 heterocycles. The van der Waals surface area contributed by atoms with E-state index < -0.39 is 0 Å². The van der Waals surface area contributed by atoms with Gasteiger partial charge in [-0.1, -0.05) is 23.2 Å². The molecule has 0 atom stereocenters. The molecular weight excluding hydrogens is 215 g/mol. The summed E-state index contributed by atoms with van der Waals surface area (Å²) in [6, 6.07) is 3.29. The Morgan fingerprint density at radius 2 is 1.92 bits per heavy atom. The number of rotatable bonds is 0. The van der Waals surface area contributed by atoms with E-state index in [1.165, 1.54) is 11.3 Å². The van der Waals surface area contributed by atoms with Gasteiger partial charge in [0.15, 0.2) is 0 Å². The Hall–Kier alpha value is -0.440. The molecule has 0 unspecified atom stereocenters. The molecule has 1 nitrogen and oxygen atoms in total. The Bertz CT molecular complexity index is 436. The van der Waals surface area contributed by atoms with Crippen molar-refractivity contribution in [1.29, 1.82) is 0 Å². The van der Waals surface area contributed by atoms with Gasteiger partial charge in [0.2, 0.25) is 0 Å². The number of halogens is 2.